The fraction of sp³-hybridized carbons (Fsp3) is 0.200. The largest absolute Gasteiger partial charge is 0.366 e. The van der Waals surface area contributed by atoms with Gasteiger partial charge >= 0.3 is 6.03 Å². The van der Waals surface area contributed by atoms with Gasteiger partial charge in [-0.1, -0.05) is 72.7 Å². The van der Waals surface area contributed by atoms with Crippen molar-refractivity contribution in [1.82, 2.24) is 54.7 Å². The van der Waals surface area contributed by atoms with Crippen LogP contribution in [0.15, 0.2) is 147 Å². The predicted octanol–water partition coefficient (Wildman–Crippen LogP) is 10.2. The SMILES string of the molecule is CC(=O)c1cn(CC(=O)N2C[Si](C)(C)C[C@H]2C(=O)Nc2cccc(-c3ccc4c(c3Cl)CNC4=O)c2F)c2ccc(Nc3cncnc3)cc12.NC(=O)c1cn(N2CCN3CC[C@@H](C(=O)Nc4cccc(-c5ccc6c(c5Cl)CNC6=O)c4F)N3C2=O)c2ccc(Nc3cncnc3)cc12. The number of ketones is 1. The van der Waals surface area contributed by atoms with Gasteiger partial charge in [0.1, 0.15) is 31.3 Å². The molecule has 30 heteroatoms. The topological polar surface area (TPSA) is 309 Å². The third-order valence-corrected chi connectivity index (χ3v) is 21.9. The minimum Gasteiger partial charge on any atom is -0.366 e. The van der Waals surface area contributed by atoms with Crippen molar-refractivity contribution < 1.29 is 47.1 Å². The Bertz CT molecular complexity index is 5100. The highest BCUT2D eigenvalue weighted by Crippen LogP contribution is 2.41. The second-order valence-electron chi connectivity index (χ2n) is 25.4. The molecule has 0 spiro atoms. The molecule has 4 aromatic heterocycles. The number of hydrogen-bond acceptors (Lipinski definition) is 15. The van der Waals surface area contributed by atoms with Gasteiger partial charge < -0.3 is 47.1 Å². The van der Waals surface area contributed by atoms with E-state index in [0.29, 0.717) is 110 Å². The van der Waals surface area contributed by atoms with Crippen LogP contribution in [-0.4, -0.2) is 137 Å². The fourth-order valence-electron chi connectivity index (χ4n) is 13.6. The van der Waals surface area contributed by atoms with Gasteiger partial charge in [0.15, 0.2) is 17.4 Å². The van der Waals surface area contributed by atoms with Crippen molar-refractivity contribution >= 4 is 134 Å². The molecule has 0 aliphatic carbocycles. The number of hydrogen-bond donors (Lipinski definition) is 7. The summed E-state index contributed by atoms with van der Waals surface area (Å²) in [6, 6.07) is 24.7. The number of nitrogens with one attached hydrogen (secondary N) is 6. The number of hydrazine groups is 1. The number of urea groups is 1. The highest BCUT2D eigenvalue weighted by Gasteiger charge is 2.47. The minimum atomic E-state index is -2.02. The van der Waals surface area contributed by atoms with Crippen molar-refractivity contribution in [2.75, 3.05) is 52.1 Å². The first-order chi connectivity index (χ1) is 48.1. The van der Waals surface area contributed by atoms with E-state index in [0.717, 1.165) is 5.69 Å². The van der Waals surface area contributed by atoms with Crippen molar-refractivity contribution in [3.63, 3.8) is 0 Å². The van der Waals surface area contributed by atoms with Crippen LogP contribution in [0.3, 0.4) is 0 Å². The number of halogens is 4. The third kappa shape index (κ3) is 12.3. The second-order valence-corrected chi connectivity index (χ2v) is 31.3. The Hall–Kier alpha value is -11.5. The Morgan fingerprint density at radius 2 is 1.14 bits per heavy atom. The summed E-state index contributed by atoms with van der Waals surface area (Å²) in [5, 5.41) is 23.6. The first kappa shape index (κ1) is 65.8. The third-order valence-electron chi connectivity index (χ3n) is 18.4. The lowest BCUT2D eigenvalue weighted by Crippen LogP contribution is -2.63. The molecule has 100 heavy (non-hydrogen) atoms. The summed E-state index contributed by atoms with van der Waals surface area (Å²) >= 11 is 13.2. The van der Waals surface area contributed by atoms with Crippen LogP contribution in [0, 0.1) is 11.6 Å². The molecule has 0 saturated carbocycles. The predicted molar refractivity (Wildman–Crippen MR) is 374 cm³/mol. The Morgan fingerprint density at radius 1 is 0.620 bits per heavy atom. The number of carbonyl (C=O) groups is 8. The zero-order valence-electron chi connectivity index (χ0n) is 53.7. The number of primary amides is 1. The maximum atomic E-state index is 16.0. The Morgan fingerprint density at radius 3 is 1.68 bits per heavy atom. The standard InChI is InChI=1S/C36H33ClFN7O4Si.C34H28ClFN10O4/c1-20(46)28-15-44(30-10-7-21(11-26(28)30)42-22-12-39-18-40-13-22)16-32(47)45-19-50(2,3)17-31(45)36(49)43-29-6-4-5-24(34(29)38)23-8-9-25-27(33(23)37)14-41-35(25)48;35-29-20(5-6-22-24(29)15-40-32(22)48)21-2-1-3-26(30(21)36)42-33(49)28-8-9-43-10-11-44(34(50)46(28)43)45-16-25(31(37)47)23-12-18(4-7-27(23)45)41-19-13-38-17-39-14-19/h4-13,15,18,31,42H,14,16-17,19H2,1-3H3,(H,41,48)(H,43,49);1-7,12-14,16-17,28,41H,8-11,15H2,(H2,37,47)(H,40,48)(H,42,49)/t31-;28-/m00/s1. The first-order valence-electron chi connectivity index (χ1n) is 31.8. The van der Waals surface area contributed by atoms with Crippen LogP contribution in [0.1, 0.15) is 65.9 Å². The number of fused-ring (bicyclic) bond motifs is 5. The maximum Gasteiger partial charge on any atom is 0.354 e. The van der Waals surface area contributed by atoms with Gasteiger partial charge in [-0.25, -0.2) is 48.5 Å². The number of aromatic nitrogens is 6. The van der Waals surface area contributed by atoms with Crippen LogP contribution >= 0.6 is 23.2 Å². The monoisotopic (exact) mass is 1400 g/mol. The zero-order chi connectivity index (χ0) is 70.0. The van der Waals surface area contributed by atoms with E-state index in [2.05, 4.69) is 64.9 Å². The number of Topliss-reactive ketones (excluding diaryl/α,β-unsaturated/α-hetero) is 1. The molecule has 25 nitrogen and oxygen atoms in total. The van der Waals surface area contributed by atoms with E-state index in [-0.39, 0.29) is 87.8 Å². The van der Waals surface area contributed by atoms with Gasteiger partial charge in [-0.15, -0.1) is 0 Å². The van der Waals surface area contributed by atoms with E-state index < -0.39 is 55.5 Å². The molecule has 8 amide bonds. The van der Waals surface area contributed by atoms with E-state index >= 15 is 8.78 Å². The zero-order valence-corrected chi connectivity index (χ0v) is 56.2. The molecule has 3 saturated heterocycles. The molecule has 506 valence electrons. The van der Waals surface area contributed by atoms with E-state index in [1.807, 2.05) is 18.2 Å². The number of rotatable bonds is 15. The van der Waals surface area contributed by atoms with Crippen LogP contribution in [0.25, 0.3) is 44.1 Å². The van der Waals surface area contributed by atoms with E-state index in [1.165, 1.54) is 47.9 Å². The number of nitrogens with two attached hydrogens (primary N) is 1. The molecule has 0 unspecified atom stereocenters. The molecule has 9 heterocycles. The van der Waals surface area contributed by atoms with E-state index in [4.69, 9.17) is 28.9 Å². The number of amides is 8. The summed E-state index contributed by atoms with van der Waals surface area (Å²) in [4.78, 5) is 123. The molecule has 3 fully saturated rings. The van der Waals surface area contributed by atoms with E-state index in [1.54, 1.807) is 117 Å². The van der Waals surface area contributed by atoms with Gasteiger partial charge in [0.25, 0.3) is 17.7 Å². The molecule has 10 aromatic rings. The average Bonchev–Trinajstić information content (AvgIpc) is 1.57. The highest BCUT2D eigenvalue weighted by atomic mass is 35.5. The molecule has 2 atom stereocenters. The summed E-state index contributed by atoms with van der Waals surface area (Å²) in [7, 11) is -2.02. The summed E-state index contributed by atoms with van der Waals surface area (Å²) < 4.78 is 35.3. The molecule has 0 radical (unpaired) electrons. The van der Waals surface area contributed by atoms with Gasteiger partial charge in [0, 0.05) is 122 Å². The van der Waals surface area contributed by atoms with Crippen LogP contribution in [0.4, 0.5) is 47.7 Å². The van der Waals surface area contributed by atoms with Crippen molar-refractivity contribution in [1.29, 1.82) is 0 Å². The van der Waals surface area contributed by atoms with Crippen LogP contribution in [0.2, 0.25) is 29.2 Å². The number of anilines is 6. The number of nitrogens with zero attached hydrogens (tertiary/aromatic N) is 10. The van der Waals surface area contributed by atoms with Gasteiger partial charge in [-0.2, -0.15) is 0 Å². The van der Waals surface area contributed by atoms with Crippen LogP contribution in [0.5, 0.6) is 0 Å². The molecule has 5 aliphatic rings. The Labute approximate surface area is 579 Å². The Kier molecular flexibility index (Phi) is 17.4. The van der Waals surface area contributed by atoms with Crippen molar-refractivity contribution in [3.8, 4) is 22.3 Å². The fourth-order valence-corrected chi connectivity index (χ4v) is 17.2. The van der Waals surface area contributed by atoms with Crippen LogP contribution < -0.4 is 42.6 Å². The molecular formula is C70H61Cl2F2N17O8Si. The van der Waals surface area contributed by atoms with E-state index in [9.17, 15) is 38.4 Å². The lowest BCUT2D eigenvalue weighted by molar-refractivity contribution is -0.136. The Balaban J connectivity index is 0.000000170. The summed E-state index contributed by atoms with van der Waals surface area (Å²) in [5.74, 6) is -3.99. The van der Waals surface area contributed by atoms with Gasteiger partial charge in [-0.05, 0) is 80.1 Å². The summed E-state index contributed by atoms with van der Waals surface area (Å²) in [5.41, 5.74) is 13.5. The second kappa shape index (κ2) is 26.4. The van der Waals surface area contributed by atoms with Gasteiger partial charge in [0.05, 0.1) is 83.3 Å². The summed E-state index contributed by atoms with van der Waals surface area (Å²) in [6.45, 7) is 7.23. The molecule has 15 rings (SSSR count). The van der Waals surface area contributed by atoms with Crippen molar-refractivity contribution in [2.24, 2.45) is 5.73 Å². The number of benzene rings is 6. The van der Waals surface area contributed by atoms with Crippen molar-refractivity contribution in [3.05, 3.63) is 202 Å². The summed E-state index contributed by atoms with van der Waals surface area (Å²) in [6.07, 6.45) is 13.3. The smallest absolute Gasteiger partial charge is 0.354 e. The minimum absolute atomic E-state index is 0.0361. The average molecular weight is 1410 g/mol. The van der Waals surface area contributed by atoms with Gasteiger partial charge in [-0.3, -0.25) is 38.2 Å². The quantitative estimate of drug-likeness (QED) is 0.0371. The molecule has 8 N–H and O–H groups in total. The maximum absolute atomic E-state index is 16.0. The molecule has 6 aromatic carbocycles. The highest BCUT2D eigenvalue weighted by molar-refractivity contribution is 6.79. The van der Waals surface area contributed by atoms with Crippen LogP contribution in [-0.2, 0) is 34.0 Å². The first-order valence-corrected chi connectivity index (χ1v) is 35.9. The number of carbonyl (C=O) groups excluding carboxylic acids is 8. The molecule has 5 aliphatic heterocycles. The van der Waals surface area contributed by atoms with Crippen molar-refractivity contribution in [2.45, 2.75) is 64.2 Å². The lowest BCUT2D eigenvalue weighted by atomic mass is 9.99. The lowest BCUT2D eigenvalue weighted by Gasteiger charge is -2.41. The molecular weight excluding hydrogens is 1340 g/mol. The van der Waals surface area contributed by atoms with Gasteiger partial charge in [0.2, 0.25) is 17.7 Å². The normalized spacial score (nSPS) is 16.7. The molecule has 0 bridgehead atoms.